The third-order valence-electron chi connectivity index (χ3n) is 2.54. The molecule has 0 radical (unpaired) electrons. The summed E-state index contributed by atoms with van der Waals surface area (Å²) in [4.78, 5) is 0. The van der Waals surface area contributed by atoms with E-state index in [1.807, 2.05) is 6.07 Å². The van der Waals surface area contributed by atoms with Gasteiger partial charge in [0, 0.05) is 0 Å². The van der Waals surface area contributed by atoms with Crippen molar-refractivity contribution in [1.29, 1.82) is 0 Å². The van der Waals surface area contributed by atoms with Gasteiger partial charge >= 0.3 is 0 Å². The molecule has 3 heteroatoms. The van der Waals surface area contributed by atoms with Gasteiger partial charge in [-0.25, -0.2) is 0 Å². The molecule has 1 atom stereocenters. The predicted molar refractivity (Wildman–Crippen MR) is 52.6 cm³/mol. The predicted octanol–water partition coefficient (Wildman–Crippen LogP) is 3.12. The van der Waals surface area contributed by atoms with Gasteiger partial charge in [-0.15, -0.1) is 0 Å². The van der Waals surface area contributed by atoms with Crippen molar-refractivity contribution in [2.45, 2.75) is 31.7 Å². The molecule has 0 bridgehead atoms. The molecule has 1 aliphatic rings. The van der Waals surface area contributed by atoms with Gasteiger partial charge in [0.15, 0.2) is 5.22 Å². The van der Waals surface area contributed by atoms with Gasteiger partial charge in [0.1, 0.15) is 5.76 Å². The van der Waals surface area contributed by atoms with Gasteiger partial charge in [-0.1, -0.05) is 12.8 Å². The lowest BCUT2D eigenvalue weighted by Crippen LogP contribution is -2.09. The summed E-state index contributed by atoms with van der Waals surface area (Å²) < 4.78 is 5.24. The first-order chi connectivity index (χ1) is 6.25. The van der Waals surface area contributed by atoms with E-state index in [-0.39, 0.29) is 6.04 Å². The minimum atomic E-state index is 0.0214. The maximum Gasteiger partial charge on any atom is 0.193 e. The second kappa shape index (κ2) is 3.72. The number of hydrogen-bond acceptors (Lipinski definition) is 2. The van der Waals surface area contributed by atoms with Crippen LogP contribution in [0.1, 0.15) is 37.5 Å². The van der Waals surface area contributed by atoms with Crippen LogP contribution in [0.2, 0.25) is 5.22 Å². The smallest absolute Gasteiger partial charge is 0.193 e. The number of rotatable bonds is 4. The highest BCUT2D eigenvalue weighted by Gasteiger charge is 2.22. The van der Waals surface area contributed by atoms with Crippen molar-refractivity contribution in [3.8, 4) is 0 Å². The molecule has 2 N–H and O–H groups in total. The second-order valence-electron chi connectivity index (χ2n) is 3.77. The van der Waals surface area contributed by atoms with Crippen LogP contribution in [-0.4, -0.2) is 0 Å². The third kappa shape index (κ3) is 2.48. The highest BCUT2D eigenvalue weighted by Crippen LogP contribution is 2.35. The van der Waals surface area contributed by atoms with E-state index >= 15 is 0 Å². The average Bonchev–Trinajstić information content (AvgIpc) is 2.84. The van der Waals surface area contributed by atoms with Crippen LogP contribution in [0.5, 0.6) is 0 Å². The minimum Gasteiger partial charge on any atom is -0.448 e. The Morgan fingerprint density at radius 2 is 2.31 bits per heavy atom. The van der Waals surface area contributed by atoms with Gasteiger partial charge in [0.05, 0.1) is 6.04 Å². The van der Waals surface area contributed by atoms with E-state index in [4.69, 9.17) is 21.8 Å². The van der Waals surface area contributed by atoms with E-state index in [1.54, 1.807) is 6.07 Å². The van der Waals surface area contributed by atoms with Gasteiger partial charge in [-0.3, -0.25) is 0 Å². The molecule has 0 aliphatic heterocycles. The van der Waals surface area contributed by atoms with Crippen molar-refractivity contribution < 1.29 is 4.42 Å². The quantitative estimate of drug-likeness (QED) is 0.810. The van der Waals surface area contributed by atoms with Crippen molar-refractivity contribution in [1.82, 2.24) is 0 Å². The maximum absolute atomic E-state index is 5.93. The summed E-state index contributed by atoms with van der Waals surface area (Å²) in [5.74, 6) is 1.74. The summed E-state index contributed by atoms with van der Waals surface area (Å²) in [7, 11) is 0. The first-order valence-corrected chi connectivity index (χ1v) is 5.14. The Morgan fingerprint density at radius 1 is 1.54 bits per heavy atom. The van der Waals surface area contributed by atoms with Crippen LogP contribution in [0.15, 0.2) is 16.5 Å². The van der Waals surface area contributed by atoms with Gasteiger partial charge in [0.25, 0.3) is 0 Å². The summed E-state index contributed by atoms with van der Waals surface area (Å²) in [6.07, 6.45) is 4.99. The molecule has 0 amide bonds. The van der Waals surface area contributed by atoms with Crippen LogP contribution in [0.4, 0.5) is 0 Å². The summed E-state index contributed by atoms with van der Waals surface area (Å²) in [5, 5.41) is 0.428. The molecule has 1 heterocycles. The molecule has 72 valence electrons. The zero-order valence-electron chi connectivity index (χ0n) is 7.50. The molecule has 1 saturated carbocycles. The third-order valence-corrected chi connectivity index (χ3v) is 2.75. The Balaban J connectivity index is 1.84. The van der Waals surface area contributed by atoms with Crippen molar-refractivity contribution in [3.05, 3.63) is 23.1 Å². The SMILES string of the molecule is NC(CCC1CC1)c1ccc(Cl)o1. The van der Waals surface area contributed by atoms with Crippen LogP contribution in [0, 0.1) is 5.92 Å². The Bertz CT molecular complexity index is 280. The zero-order chi connectivity index (χ0) is 9.26. The van der Waals surface area contributed by atoms with Crippen LogP contribution in [0.3, 0.4) is 0 Å². The van der Waals surface area contributed by atoms with Gasteiger partial charge in [-0.05, 0) is 42.5 Å². The summed E-state index contributed by atoms with van der Waals surface area (Å²) in [5.41, 5.74) is 5.93. The number of nitrogens with two attached hydrogens (primary N) is 1. The highest BCUT2D eigenvalue weighted by atomic mass is 35.5. The molecule has 1 aromatic rings. The number of hydrogen-bond donors (Lipinski definition) is 1. The Hall–Kier alpha value is -0.470. The fourth-order valence-electron chi connectivity index (χ4n) is 1.49. The van der Waals surface area contributed by atoms with Crippen LogP contribution in [0.25, 0.3) is 0 Å². The Kier molecular flexibility index (Phi) is 2.61. The van der Waals surface area contributed by atoms with Crippen LogP contribution in [-0.2, 0) is 0 Å². The molecule has 0 spiro atoms. The molecular weight excluding hydrogens is 186 g/mol. The minimum absolute atomic E-state index is 0.0214. The molecule has 1 unspecified atom stereocenters. The topological polar surface area (TPSA) is 39.2 Å². The van der Waals surface area contributed by atoms with Crippen LogP contribution >= 0.6 is 11.6 Å². The molecule has 0 saturated heterocycles. The normalized spacial score (nSPS) is 18.9. The largest absolute Gasteiger partial charge is 0.448 e. The lowest BCUT2D eigenvalue weighted by Gasteiger charge is -2.06. The van der Waals surface area contributed by atoms with Crippen molar-refractivity contribution in [3.63, 3.8) is 0 Å². The van der Waals surface area contributed by atoms with E-state index in [0.717, 1.165) is 18.1 Å². The second-order valence-corrected chi connectivity index (χ2v) is 4.14. The van der Waals surface area contributed by atoms with Gasteiger partial charge < -0.3 is 10.2 Å². The van der Waals surface area contributed by atoms with Crippen molar-refractivity contribution >= 4 is 11.6 Å². The summed E-state index contributed by atoms with van der Waals surface area (Å²) in [6, 6.07) is 3.63. The average molecular weight is 200 g/mol. The number of furan rings is 1. The highest BCUT2D eigenvalue weighted by molar-refractivity contribution is 6.28. The Labute approximate surface area is 83.1 Å². The van der Waals surface area contributed by atoms with E-state index in [0.29, 0.717) is 5.22 Å². The molecule has 1 aliphatic carbocycles. The van der Waals surface area contributed by atoms with Gasteiger partial charge in [0.2, 0.25) is 0 Å². The van der Waals surface area contributed by atoms with Gasteiger partial charge in [-0.2, -0.15) is 0 Å². The van der Waals surface area contributed by atoms with Crippen molar-refractivity contribution in [2.75, 3.05) is 0 Å². The maximum atomic E-state index is 5.93. The van der Waals surface area contributed by atoms with E-state index in [2.05, 4.69) is 0 Å². The number of halogens is 1. The summed E-state index contributed by atoms with van der Waals surface area (Å²) in [6.45, 7) is 0. The molecule has 0 aromatic carbocycles. The fourth-order valence-corrected chi connectivity index (χ4v) is 1.64. The zero-order valence-corrected chi connectivity index (χ0v) is 8.26. The van der Waals surface area contributed by atoms with Crippen molar-refractivity contribution in [2.24, 2.45) is 11.7 Å². The summed E-state index contributed by atoms with van der Waals surface area (Å²) >= 11 is 5.66. The first-order valence-electron chi connectivity index (χ1n) is 4.76. The molecule has 2 rings (SSSR count). The van der Waals surface area contributed by atoms with Crippen LogP contribution < -0.4 is 5.73 Å². The molecule has 1 fully saturated rings. The molecule has 13 heavy (non-hydrogen) atoms. The lowest BCUT2D eigenvalue weighted by molar-refractivity contribution is 0.440. The molecule has 1 aromatic heterocycles. The molecule has 2 nitrogen and oxygen atoms in total. The van der Waals surface area contributed by atoms with E-state index in [9.17, 15) is 0 Å². The molecular formula is C10H14ClNO. The first kappa shape index (κ1) is 9.10. The Morgan fingerprint density at radius 3 is 2.85 bits per heavy atom. The van der Waals surface area contributed by atoms with E-state index < -0.39 is 0 Å². The van der Waals surface area contributed by atoms with E-state index in [1.165, 1.54) is 19.3 Å². The fraction of sp³-hybridized carbons (Fsp3) is 0.600. The monoisotopic (exact) mass is 199 g/mol. The standard InChI is InChI=1S/C10H14ClNO/c11-10-6-5-9(13-10)8(12)4-3-7-1-2-7/h5-8H,1-4,12H2. The lowest BCUT2D eigenvalue weighted by atomic mass is 10.1.